The maximum Gasteiger partial charge on any atom is 0.150 e. The minimum atomic E-state index is -0.0290. The van der Waals surface area contributed by atoms with Gasteiger partial charge in [0.05, 0.1) is 37.3 Å². The number of anilines is 2. The van der Waals surface area contributed by atoms with E-state index in [9.17, 15) is 5.11 Å². The molecule has 1 fully saturated rings. The first-order chi connectivity index (χ1) is 15.2. The minimum absolute atomic E-state index is 0.0290. The van der Waals surface area contributed by atoms with Crippen LogP contribution in [0, 0.1) is 6.92 Å². The quantitative estimate of drug-likeness (QED) is 0.567. The molecule has 1 aliphatic rings. The molecule has 1 atom stereocenters. The molecular weight excluding hydrogens is 390 g/mol. The lowest BCUT2D eigenvalue weighted by molar-refractivity contribution is 0.242. The molecule has 2 aromatic heterocycles. The van der Waals surface area contributed by atoms with Crippen molar-refractivity contribution in [2.75, 3.05) is 18.5 Å². The van der Waals surface area contributed by atoms with Crippen LogP contribution in [0.3, 0.4) is 0 Å². The Balaban J connectivity index is 1.50. The van der Waals surface area contributed by atoms with Gasteiger partial charge in [0.2, 0.25) is 0 Å². The van der Waals surface area contributed by atoms with Crippen molar-refractivity contribution in [1.29, 1.82) is 0 Å². The number of aliphatic hydroxyl groups is 1. The lowest BCUT2D eigenvalue weighted by Crippen LogP contribution is -2.24. The van der Waals surface area contributed by atoms with Crippen LogP contribution in [0.25, 0.3) is 0 Å². The van der Waals surface area contributed by atoms with E-state index in [2.05, 4.69) is 26.3 Å². The second kappa shape index (κ2) is 9.85. The molecule has 4 rings (SSSR count). The standard InChI is InChI=1S/C24H29N5O2/c1-3-31-22-10-9-18(12-19(22)16-30)15-29-11-5-7-21(29)20-13-25-14-24(27-20)28-23-8-4-6-17(2)26-23/h4,6,8-10,12-14,21,30H,3,5,7,11,15-16H2,1-2H3,(H,26,27,28)/t21-/m0/s1. The largest absolute Gasteiger partial charge is 0.494 e. The number of ether oxygens (including phenoxy) is 1. The molecule has 7 nitrogen and oxygen atoms in total. The first-order valence-corrected chi connectivity index (χ1v) is 10.8. The molecule has 31 heavy (non-hydrogen) atoms. The molecule has 0 radical (unpaired) electrons. The predicted molar refractivity (Wildman–Crippen MR) is 120 cm³/mol. The first-order valence-electron chi connectivity index (χ1n) is 10.8. The van der Waals surface area contributed by atoms with Gasteiger partial charge in [0.1, 0.15) is 17.4 Å². The summed E-state index contributed by atoms with van der Waals surface area (Å²) in [5, 5.41) is 13.0. The van der Waals surface area contributed by atoms with E-state index in [1.807, 2.05) is 50.4 Å². The lowest BCUT2D eigenvalue weighted by atomic mass is 10.1. The first kappa shape index (κ1) is 21.2. The Morgan fingerprint density at radius 2 is 2.06 bits per heavy atom. The number of nitrogens with zero attached hydrogens (tertiary/aromatic N) is 4. The number of hydrogen-bond acceptors (Lipinski definition) is 7. The molecule has 162 valence electrons. The van der Waals surface area contributed by atoms with E-state index in [1.165, 1.54) is 0 Å². The topological polar surface area (TPSA) is 83.4 Å². The van der Waals surface area contributed by atoms with Gasteiger partial charge in [-0.25, -0.2) is 9.97 Å². The van der Waals surface area contributed by atoms with Crippen molar-refractivity contribution >= 4 is 11.6 Å². The van der Waals surface area contributed by atoms with Gasteiger partial charge in [0, 0.05) is 17.8 Å². The van der Waals surface area contributed by atoms with Crippen molar-refractivity contribution in [2.24, 2.45) is 0 Å². The van der Waals surface area contributed by atoms with Gasteiger partial charge in [-0.1, -0.05) is 12.1 Å². The van der Waals surface area contributed by atoms with Crippen molar-refractivity contribution in [3.05, 3.63) is 71.3 Å². The Kier molecular flexibility index (Phi) is 6.74. The molecule has 0 aliphatic carbocycles. The third kappa shape index (κ3) is 5.18. The van der Waals surface area contributed by atoms with E-state index in [0.717, 1.165) is 60.0 Å². The van der Waals surface area contributed by atoms with Gasteiger partial charge in [0.25, 0.3) is 0 Å². The van der Waals surface area contributed by atoms with Crippen LogP contribution >= 0.6 is 0 Å². The molecule has 0 amide bonds. The van der Waals surface area contributed by atoms with E-state index >= 15 is 0 Å². The highest BCUT2D eigenvalue weighted by molar-refractivity contribution is 5.50. The number of hydrogen-bond donors (Lipinski definition) is 2. The molecule has 0 bridgehead atoms. The summed E-state index contributed by atoms with van der Waals surface area (Å²) in [6.45, 7) is 6.27. The molecule has 0 spiro atoms. The highest BCUT2D eigenvalue weighted by atomic mass is 16.5. The predicted octanol–water partition coefficient (Wildman–Crippen LogP) is 4.15. The molecule has 3 heterocycles. The maximum atomic E-state index is 9.71. The van der Waals surface area contributed by atoms with Gasteiger partial charge in [-0.3, -0.25) is 9.88 Å². The maximum absolute atomic E-state index is 9.71. The molecule has 0 saturated carbocycles. The molecule has 7 heteroatoms. The van der Waals surface area contributed by atoms with E-state index in [1.54, 1.807) is 6.20 Å². The van der Waals surface area contributed by atoms with Crippen molar-refractivity contribution in [2.45, 2.75) is 45.9 Å². The van der Waals surface area contributed by atoms with Crippen LogP contribution < -0.4 is 10.1 Å². The number of aromatic nitrogens is 3. The number of rotatable bonds is 8. The molecule has 0 unspecified atom stereocenters. The lowest BCUT2D eigenvalue weighted by Gasteiger charge is -2.24. The summed E-state index contributed by atoms with van der Waals surface area (Å²) in [6, 6.07) is 12.1. The Morgan fingerprint density at radius 3 is 2.87 bits per heavy atom. The smallest absolute Gasteiger partial charge is 0.150 e. The number of aryl methyl sites for hydroxylation is 1. The van der Waals surface area contributed by atoms with E-state index in [4.69, 9.17) is 9.72 Å². The Morgan fingerprint density at radius 1 is 1.16 bits per heavy atom. The zero-order valence-corrected chi connectivity index (χ0v) is 18.1. The average molecular weight is 420 g/mol. The van der Waals surface area contributed by atoms with Crippen LogP contribution in [0.2, 0.25) is 0 Å². The fraction of sp³-hybridized carbons (Fsp3) is 0.375. The number of nitrogens with one attached hydrogen (secondary N) is 1. The third-order valence-corrected chi connectivity index (χ3v) is 5.48. The summed E-state index contributed by atoms with van der Waals surface area (Å²) in [4.78, 5) is 16.2. The monoisotopic (exact) mass is 419 g/mol. The van der Waals surface area contributed by atoms with Crippen LogP contribution in [0.4, 0.5) is 11.6 Å². The highest BCUT2D eigenvalue weighted by Gasteiger charge is 2.27. The SMILES string of the molecule is CCOc1ccc(CN2CCC[C@H]2c2cncc(Nc3cccc(C)n3)n2)cc1CO. The third-order valence-electron chi connectivity index (χ3n) is 5.48. The molecular formula is C24H29N5O2. The average Bonchev–Trinajstić information content (AvgIpc) is 3.23. The summed E-state index contributed by atoms with van der Waals surface area (Å²) < 4.78 is 5.61. The van der Waals surface area contributed by atoms with Crippen molar-refractivity contribution in [1.82, 2.24) is 19.9 Å². The van der Waals surface area contributed by atoms with Crippen LogP contribution in [-0.4, -0.2) is 38.1 Å². The fourth-order valence-corrected chi connectivity index (χ4v) is 4.08. The van der Waals surface area contributed by atoms with Gasteiger partial charge >= 0.3 is 0 Å². The van der Waals surface area contributed by atoms with Gasteiger partial charge in [-0.2, -0.15) is 0 Å². The van der Waals surface area contributed by atoms with Crippen molar-refractivity contribution in [3.8, 4) is 5.75 Å². The molecule has 3 aromatic rings. The van der Waals surface area contributed by atoms with Crippen molar-refractivity contribution < 1.29 is 9.84 Å². The molecule has 1 saturated heterocycles. The fourth-order valence-electron chi connectivity index (χ4n) is 4.08. The highest BCUT2D eigenvalue weighted by Crippen LogP contribution is 2.33. The van der Waals surface area contributed by atoms with Crippen LogP contribution in [0.1, 0.15) is 48.3 Å². The normalized spacial score (nSPS) is 16.4. The Labute approximate surface area is 183 Å². The second-order valence-electron chi connectivity index (χ2n) is 7.78. The number of likely N-dealkylation sites (tertiary alicyclic amines) is 1. The number of aliphatic hydroxyl groups excluding tert-OH is 1. The zero-order chi connectivity index (χ0) is 21.6. The van der Waals surface area contributed by atoms with E-state index < -0.39 is 0 Å². The van der Waals surface area contributed by atoms with Crippen LogP contribution in [0.15, 0.2) is 48.8 Å². The summed E-state index contributed by atoms with van der Waals surface area (Å²) in [6.07, 6.45) is 5.75. The van der Waals surface area contributed by atoms with Gasteiger partial charge in [-0.05, 0) is 63.1 Å². The molecule has 1 aromatic carbocycles. The zero-order valence-electron chi connectivity index (χ0n) is 18.1. The summed E-state index contributed by atoms with van der Waals surface area (Å²) in [5.41, 5.74) is 3.90. The van der Waals surface area contributed by atoms with Crippen LogP contribution in [0.5, 0.6) is 5.75 Å². The molecule has 2 N–H and O–H groups in total. The van der Waals surface area contributed by atoms with Gasteiger partial charge in [-0.15, -0.1) is 0 Å². The summed E-state index contributed by atoms with van der Waals surface area (Å²) in [7, 11) is 0. The minimum Gasteiger partial charge on any atom is -0.494 e. The van der Waals surface area contributed by atoms with E-state index in [0.29, 0.717) is 12.4 Å². The number of pyridine rings is 1. The number of benzene rings is 1. The molecule has 1 aliphatic heterocycles. The van der Waals surface area contributed by atoms with E-state index in [-0.39, 0.29) is 12.6 Å². The Bertz CT molecular complexity index is 1030. The summed E-state index contributed by atoms with van der Waals surface area (Å²) in [5.74, 6) is 2.22. The summed E-state index contributed by atoms with van der Waals surface area (Å²) >= 11 is 0. The van der Waals surface area contributed by atoms with Crippen LogP contribution in [-0.2, 0) is 13.2 Å². The van der Waals surface area contributed by atoms with Gasteiger partial charge < -0.3 is 15.2 Å². The Hall–Kier alpha value is -3.03. The van der Waals surface area contributed by atoms with Gasteiger partial charge in [0.15, 0.2) is 0 Å². The van der Waals surface area contributed by atoms with Crippen molar-refractivity contribution in [3.63, 3.8) is 0 Å². The second-order valence-corrected chi connectivity index (χ2v) is 7.78.